The highest BCUT2D eigenvalue weighted by atomic mass is 79.9. The van der Waals surface area contributed by atoms with Crippen LogP contribution in [0.15, 0.2) is 16.6 Å². The molecule has 1 aromatic rings. The van der Waals surface area contributed by atoms with Crippen LogP contribution in [-0.2, 0) is 0 Å². The highest BCUT2D eigenvalue weighted by Crippen LogP contribution is 2.25. The molecule has 1 aliphatic carbocycles. The van der Waals surface area contributed by atoms with E-state index in [1.165, 1.54) is 38.5 Å². The third kappa shape index (κ3) is 3.21. The fraction of sp³-hybridized carbons (Fsp3) is 0.643. The largest absolute Gasteiger partial charge is 0.357 e. The molecule has 0 saturated heterocycles. The number of nitrogens with zero attached hydrogens (tertiary/aromatic N) is 2. The van der Waals surface area contributed by atoms with Gasteiger partial charge in [0, 0.05) is 17.6 Å². The van der Waals surface area contributed by atoms with E-state index in [1.54, 1.807) is 0 Å². The van der Waals surface area contributed by atoms with E-state index in [0.29, 0.717) is 6.04 Å². The second-order valence-corrected chi connectivity index (χ2v) is 5.85. The Kier molecular flexibility index (Phi) is 4.43. The Hall–Kier alpha value is -0.570. The maximum atomic E-state index is 4.66. The van der Waals surface area contributed by atoms with Crippen molar-refractivity contribution < 1.29 is 0 Å². The number of halogens is 1. The van der Waals surface area contributed by atoms with Gasteiger partial charge < -0.3 is 4.90 Å². The maximum Gasteiger partial charge on any atom is 0.128 e. The summed E-state index contributed by atoms with van der Waals surface area (Å²) in [5.74, 6) is 1.11. The van der Waals surface area contributed by atoms with Gasteiger partial charge in [-0.25, -0.2) is 4.98 Å². The zero-order valence-electron chi connectivity index (χ0n) is 10.7. The number of anilines is 1. The van der Waals surface area contributed by atoms with Gasteiger partial charge in [-0.3, -0.25) is 0 Å². The minimum Gasteiger partial charge on any atom is -0.357 e. The fourth-order valence-corrected chi connectivity index (χ4v) is 2.78. The SMILES string of the molecule is Cc1nc(N(C)C2CCCCCC2)ccc1Br. The molecule has 2 rings (SSSR count). The first-order chi connectivity index (χ1) is 8.18. The molecular formula is C14H21BrN2. The van der Waals surface area contributed by atoms with E-state index in [2.05, 4.69) is 51.9 Å². The van der Waals surface area contributed by atoms with Crippen molar-refractivity contribution in [1.82, 2.24) is 4.98 Å². The average molecular weight is 297 g/mol. The summed E-state index contributed by atoms with van der Waals surface area (Å²) < 4.78 is 1.09. The van der Waals surface area contributed by atoms with Crippen LogP contribution in [0.4, 0.5) is 5.82 Å². The molecule has 0 bridgehead atoms. The minimum absolute atomic E-state index is 0.672. The van der Waals surface area contributed by atoms with Gasteiger partial charge in [0.1, 0.15) is 5.82 Å². The number of aryl methyl sites for hydroxylation is 1. The van der Waals surface area contributed by atoms with Gasteiger partial charge in [0.2, 0.25) is 0 Å². The van der Waals surface area contributed by atoms with E-state index in [9.17, 15) is 0 Å². The Balaban J connectivity index is 2.11. The molecule has 0 unspecified atom stereocenters. The van der Waals surface area contributed by atoms with Crippen molar-refractivity contribution in [1.29, 1.82) is 0 Å². The first-order valence-corrected chi connectivity index (χ1v) is 7.34. The highest BCUT2D eigenvalue weighted by Gasteiger charge is 2.18. The Morgan fingerprint density at radius 3 is 2.41 bits per heavy atom. The quantitative estimate of drug-likeness (QED) is 0.756. The van der Waals surface area contributed by atoms with Crippen molar-refractivity contribution in [2.75, 3.05) is 11.9 Å². The second kappa shape index (κ2) is 5.85. The molecule has 1 fully saturated rings. The van der Waals surface area contributed by atoms with E-state index < -0.39 is 0 Å². The molecule has 0 N–H and O–H groups in total. The third-order valence-corrected chi connectivity index (χ3v) is 4.58. The molecular weight excluding hydrogens is 276 g/mol. The van der Waals surface area contributed by atoms with Crippen LogP contribution in [0.2, 0.25) is 0 Å². The van der Waals surface area contributed by atoms with Crippen molar-refractivity contribution in [2.45, 2.75) is 51.5 Å². The summed E-state index contributed by atoms with van der Waals surface area (Å²) in [5, 5.41) is 0. The molecule has 2 nitrogen and oxygen atoms in total. The molecule has 1 aliphatic rings. The Labute approximate surface area is 113 Å². The second-order valence-electron chi connectivity index (χ2n) is 4.99. The van der Waals surface area contributed by atoms with Gasteiger partial charge in [-0.2, -0.15) is 0 Å². The third-order valence-electron chi connectivity index (χ3n) is 3.74. The summed E-state index contributed by atoms with van der Waals surface area (Å²) in [4.78, 5) is 7.02. The predicted octanol–water partition coefficient (Wildman–Crippen LogP) is 4.31. The van der Waals surface area contributed by atoms with Gasteiger partial charge in [0.15, 0.2) is 0 Å². The molecule has 0 spiro atoms. The summed E-state index contributed by atoms with van der Waals surface area (Å²) in [5.41, 5.74) is 1.07. The summed E-state index contributed by atoms with van der Waals surface area (Å²) >= 11 is 3.51. The van der Waals surface area contributed by atoms with Crippen LogP contribution in [0.5, 0.6) is 0 Å². The van der Waals surface area contributed by atoms with Crippen LogP contribution in [0.25, 0.3) is 0 Å². The van der Waals surface area contributed by atoms with Crippen LogP contribution in [0, 0.1) is 6.92 Å². The number of aromatic nitrogens is 1. The van der Waals surface area contributed by atoms with Crippen LogP contribution in [0.1, 0.15) is 44.2 Å². The summed E-state index contributed by atoms with van der Waals surface area (Å²) in [6.07, 6.45) is 8.16. The Morgan fingerprint density at radius 2 is 1.82 bits per heavy atom. The lowest BCUT2D eigenvalue weighted by atomic mass is 10.1. The van der Waals surface area contributed by atoms with Gasteiger partial charge >= 0.3 is 0 Å². The number of hydrogen-bond acceptors (Lipinski definition) is 2. The minimum atomic E-state index is 0.672. The van der Waals surface area contributed by atoms with E-state index >= 15 is 0 Å². The lowest BCUT2D eigenvalue weighted by molar-refractivity contribution is 0.549. The van der Waals surface area contributed by atoms with Crippen LogP contribution in [0.3, 0.4) is 0 Å². The first-order valence-electron chi connectivity index (χ1n) is 6.54. The van der Waals surface area contributed by atoms with E-state index in [1.807, 2.05) is 0 Å². The molecule has 0 aromatic carbocycles. The first kappa shape index (κ1) is 12.9. The summed E-state index contributed by atoms with van der Waals surface area (Å²) in [7, 11) is 2.19. The molecule has 1 saturated carbocycles. The Morgan fingerprint density at radius 1 is 1.18 bits per heavy atom. The lowest BCUT2D eigenvalue weighted by Gasteiger charge is -2.28. The van der Waals surface area contributed by atoms with Gasteiger partial charge in [0.05, 0.1) is 5.69 Å². The molecule has 0 amide bonds. The molecule has 1 aromatic heterocycles. The van der Waals surface area contributed by atoms with Crippen molar-refractivity contribution in [3.63, 3.8) is 0 Å². The molecule has 1 heterocycles. The maximum absolute atomic E-state index is 4.66. The summed E-state index contributed by atoms with van der Waals surface area (Å²) in [6, 6.07) is 4.89. The van der Waals surface area contributed by atoms with E-state index in [4.69, 9.17) is 0 Å². The van der Waals surface area contributed by atoms with Gasteiger partial charge in [-0.05, 0) is 47.8 Å². The molecule has 0 atom stereocenters. The summed E-state index contributed by atoms with van der Waals surface area (Å²) in [6.45, 7) is 2.05. The van der Waals surface area contributed by atoms with E-state index in [-0.39, 0.29) is 0 Å². The van der Waals surface area contributed by atoms with Crippen LogP contribution in [-0.4, -0.2) is 18.1 Å². The normalized spacial score (nSPS) is 17.8. The van der Waals surface area contributed by atoms with Gasteiger partial charge in [-0.1, -0.05) is 25.7 Å². The standard InChI is InChI=1S/C14H21BrN2/c1-11-13(15)9-10-14(16-11)17(2)12-7-5-3-4-6-8-12/h9-10,12H,3-8H2,1-2H3. The van der Waals surface area contributed by atoms with Crippen molar-refractivity contribution in [2.24, 2.45) is 0 Å². The molecule has 17 heavy (non-hydrogen) atoms. The number of rotatable bonds is 2. The zero-order chi connectivity index (χ0) is 12.3. The topological polar surface area (TPSA) is 16.1 Å². The van der Waals surface area contributed by atoms with Gasteiger partial charge in [0.25, 0.3) is 0 Å². The Bertz CT molecular complexity index is 370. The molecule has 0 aliphatic heterocycles. The van der Waals surface area contributed by atoms with Crippen LogP contribution < -0.4 is 4.90 Å². The smallest absolute Gasteiger partial charge is 0.128 e. The molecule has 94 valence electrons. The number of pyridine rings is 1. The highest BCUT2D eigenvalue weighted by molar-refractivity contribution is 9.10. The average Bonchev–Trinajstić information content (AvgIpc) is 2.60. The van der Waals surface area contributed by atoms with Crippen LogP contribution >= 0.6 is 15.9 Å². The fourth-order valence-electron chi connectivity index (χ4n) is 2.56. The molecule has 3 heteroatoms. The zero-order valence-corrected chi connectivity index (χ0v) is 12.3. The van der Waals surface area contributed by atoms with Gasteiger partial charge in [-0.15, -0.1) is 0 Å². The monoisotopic (exact) mass is 296 g/mol. The van der Waals surface area contributed by atoms with Crippen molar-refractivity contribution in [3.05, 3.63) is 22.3 Å². The lowest BCUT2D eigenvalue weighted by Crippen LogP contribution is -2.31. The predicted molar refractivity (Wildman–Crippen MR) is 76.6 cm³/mol. The molecule has 0 radical (unpaired) electrons. The van der Waals surface area contributed by atoms with E-state index in [0.717, 1.165) is 16.0 Å². The number of hydrogen-bond donors (Lipinski definition) is 0. The van der Waals surface area contributed by atoms with Crippen molar-refractivity contribution >= 4 is 21.7 Å². The van der Waals surface area contributed by atoms with Crippen molar-refractivity contribution in [3.8, 4) is 0 Å².